The summed E-state index contributed by atoms with van der Waals surface area (Å²) in [6, 6.07) is 9.19. The Morgan fingerprint density at radius 2 is 1.80 bits per heavy atom. The van der Waals surface area contributed by atoms with Crippen molar-refractivity contribution >= 4 is 5.97 Å². The first kappa shape index (κ1) is 16.1. The molecule has 0 heterocycles. The second kappa shape index (κ2) is 9.07. The second-order valence-electron chi connectivity index (χ2n) is 4.28. The first-order chi connectivity index (χ1) is 9.59. The Kier molecular flexibility index (Phi) is 7.32. The van der Waals surface area contributed by atoms with Gasteiger partial charge in [-0.3, -0.25) is 4.79 Å². The van der Waals surface area contributed by atoms with Crippen LogP contribution < -0.4 is 4.74 Å². The van der Waals surface area contributed by atoms with Crippen molar-refractivity contribution in [3.63, 3.8) is 0 Å². The quantitative estimate of drug-likeness (QED) is 0.535. The first-order valence-electron chi connectivity index (χ1n) is 6.44. The van der Waals surface area contributed by atoms with Gasteiger partial charge in [0.2, 0.25) is 0 Å². The van der Waals surface area contributed by atoms with E-state index >= 15 is 0 Å². The van der Waals surface area contributed by atoms with Crippen LogP contribution in [0.25, 0.3) is 0 Å². The lowest BCUT2D eigenvalue weighted by Crippen LogP contribution is -2.12. The minimum Gasteiger partial charge on any atom is -0.490 e. The molecule has 1 aromatic rings. The Morgan fingerprint density at radius 1 is 1.10 bits per heavy atom. The molecule has 0 amide bonds. The third-order valence-electron chi connectivity index (χ3n) is 2.61. The van der Waals surface area contributed by atoms with Crippen LogP contribution in [0.5, 0.6) is 5.75 Å². The molecule has 20 heavy (non-hydrogen) atoms. The van der Waals surface area contributed by atoms with Gasteiger partial charge in [-0.05, 0) is 37.5 Å². The van der Waals surface area contributed by atoms with Gasteiger partial charge >= 0.3 is 5.97 Å². The molecular formula is C15H18F2O3. The maximum atomic E-state index is 12.1. The summed E-state index contributed by atoms with van der Waals surface area (Å²) >= 11 is 0. The number of hydrogen-bond donors (Lipinski definition) is 0. The smallest absolute Gasteiger partial charge is 0.305 e. The third kappa shape index (κ3) is 6.87. The molecule has 0 atom stereocenters. The largest absolute Gasteiger partial charge is 0.490 e. The molecule has 1 rings (SSSR count). The first-order valence-corrected chi connectivity index (χ1v) is 6.44. The number of ether oxygens (including phenoxy) is 2. The molecule has 1 aromatic carbocycles. The summed E-state index contributed by atoms with van der Waals surface area (Å²) in [7, 11) is 0. The lowest BCUT2D eigenvalue weighted by atomic mass is 10.1. The zero-order valence-electron chi connectivity index (χ0n) is 11.4. The summed E-state index contributed by atoms with van der Waals surface area (Å²) in [6.07, 6.45) is -0.968. The van der Waals surface area contributed by atoms with Crippen molar-refractivity contribution in [1.29, 1.82) is 0 Å². The van der Waals surface area contributed by atoms with Crippen LogP contribution in [-0.2, 0) is 9.53 Å². The van der Waals surface area contributed by atoms with Gasteiger partial charge in [0.15, 0.2) is 0 Å². The van der Waals surface area contributed by atoms with E-state index in [1.165, 1.54) is 6.92 Å². The second-order valence-corrected chi connectivity index (χ2v) is 4.28. The number of halogens is 2. The van der Waals surface area contributed by atoms with Crippen LogP contribution in [0, 0.1) is 0 Å². The Hall–Kier alpha value is -1.91. The van der Waals surface area contributed by atoms with Crippen molar-refractivity contribution in [1.82, 2.24) is 0 Å². The summed E-state index contributed by atoms with van der Waals surface area (Å²) in [4.78, 5) is 11.3. The van der Waals surface area contributed by atoms with Crippen LogP contribution in [0.3, 0.4) is 0 Å². The van der Waals surface area contributed by atoms with Gasteiger partial charge in [-0.15, -0.1) is 0 Å². The lowest BCUT2D eigenvalue weighted by Gasteiger charge is -2.07. The molecule has 110 valence electrons. The normalized spacial score (nSPS) is 9.95. The van der Waals surface area contributed by atoms with Gasteiger partial charge in [0, 0.05) is 6.42 Å². The van der Waals surface area contributed by atoms with Crippen LogP contribution >= 0.6 is 0 Å². The summed E-state index contributed by atoms with van der Waals surface area (Å²) in [5.74, 6) is 0.316. The van der Waals surface area contributed by atoms with E-state index in [4.69, 9.17) is 9.47 Å². The molecule has 0 aliphatic carbocycles. The Labute approximate surface area is 117 Å². The van der Waals surface area contributed by atoms with Gasteiger partial charge < -0.3 is 9.47 Å². The molecule has 0 radical (unpaired) electrons. The number of para-hydroxylation sites is 1. The van der Waals surface area contributed by atoms with E-state index in [9.17, 15) is 13.6 Å². The predicted octanol–water partition coefficient (Wildman–Crippen LogP) is 3.95. The molecule has 0 aliphatic heterocycles. The van der Waals surface area contributed by atoms with Crippen molar-refractivity contribution in [3.8, 4) is 5.75 Å². The number of allylic oxidation sites excluding steroid dienone is 1. The fourth-order valence-corrected chi connectivity index (χ4v) is 1.50. The number of carbonyl (C=O) groups excluding carboxylic acids is 1. The van der Waals surface area contributed by atoms with Gasteiger partial charge in [0.25, 0.3) is 6.08 Å². The molecule has 0 N–H and O–H groups in total. The third-order valence-corrected chi connectivity index (χ3v) is 2.61. The molecule has 0 spiro atoms. The zero-order valence-corrected chi connectivity index (χ0v) is 11.4. The van der Waals surface area contributed by atoms with Crippen LogP contribution in [0.15, 0.2) is 42.0 Å². The van der Waals surface area contributed by atoms with E-state index in [0.717, 1.165) is 0 Å². The molecule has 0 saturated carbocycles. The zero-order chi connectivity index (χ0) is 14.8. The number of esters is 1. The molecule has 0 aromatic heterocycles. The standard InChI is InChI=1S/C15H18F2O3/c1-12(15(16)17)6-5-9-14(18)20-11-10-19-13-7-3-2-4-8-13/h2-4,7-8H,5-6,9-11H2,1H3. The van der Waals surface area contributed by atoms with Crippen LogP contribution in [0.2, 0.25) is 0 Å². The van der Waals surface area contributed by atoms with Gasteiger partial charge in [0.1, 0.15) is 19.0 Å². The van der Waals surface area contributed by atoms with E-state index < -0.39 is 12.0 Å². The Morgan fingerprint density at radius 3 is 2.45 bits per heavy atom. The highest BCUT2D eigenvalue weighted by molar-refractivity contribution is 5.69. The van der Waals surface area contributed by atoms with Crippen LogP contribution in [0.1, 0.15) is 26.2 Å². The van der Waals surface area contributed by atoms with Gasteiger partial charge in [-0.2, -0.15) is 8.78 Å². The van der Waals surface area contributed by atoms with Crippen molar-refractivity contribution in [2.24, 2.45) is 0 Å². The average molecular weight is 284 g/mol. The minimum atomic E-state index is -1.67. The molecule has 0 bridgehead atoms. The minimum absolute atomic E-state index is 0.0187. The number of carbonyl (C=O) groups is 1. The molecule has 5 heteroatoms. The predicted molar refractivity (Wildman–Crippen MR) is 71.7 cm³/mol. The Balaban J connectivity index is 2.07. The molecule has 3 nitrogen and oxygen atoms in total. The van der Waals surface area contributed by atoms with Crippen molar-refractivity contribution in [3.05, 3.63) is 42.0 Å². The molecule has 0 aliphatic rings. The Bertz CT molecular complexity index is 440. The van der Waals surface area contributed by atoms with Crippen LogP contribution in [-0.4, -0.2) is 19.2 Å². The number of rotatable bonds is 8. The monoisotopic (exact) mass is 284 g/mol. The van der Waals surface area contributed by atoms with Crippen molar-refractivity contribution < 1.29 is 23.0 Å². The van der Waals surface area contributed by atoms with Gasteiger partial charge in [0.05, 0.1) is 0 Å². The van der Waals surface area contributed by atoms with Gasteiger partial charge in [-0.25, -0.2) is 0 Å². The van der Waals surface area contributed by atoms with Crippen molar-refractivity contribution in [2.45, 2.75) is 26.2 Å². The maximum Gasteiger partial charge on any atom is 0.305 e. The van der Waals surface area contributed by atoms with E-state index in [1.807, 2.05) is 30.3 Å². The number of benzene rings is 1. The van der Waals surface area contributed by atoms with E-state index in [2.05, 4.69) is 0 Å². The summed E-state index contributed by atoms with van der Waals surface area (Å²) in [6.45, 7) is 1.78. The van der Waals surface area contributed by atoms with E-state index in [0.29, 0.717) is 12.2 Å². The molecule has 0 saturated heterocycles. The topological polar surface area (TPSA) is 35.5 Å². The van der Waals surface area contributed by atoms with E-state index in [1.54, 1.807) is 0 Å². The maximum absolute atomic E-state index is 12.1. The summed E-state index contributed by atoms with van der Waals surface area (Å²) in [5, 5.41) is 0. The summed E-state index contributed by atoms with van der Waals surface area (Å²) in [5.41, 5.74) is 0.0187. The fourth-order valence-electron chi connectivity index (χ4n) is 1.50. The highest BCUT2D eigenvalue weighted by Crippen LogP contribution is 2.14. The highest BCUT2D eigenvalue weighted by Gasteiger charge is 2.05. The number of hydrogen-bond acceptors (Lipinski definition) is 3. The fraction of sp³-hybridized carbons (Fsp3) is 0.400. The molecule has 0 unspecified atom stereocenters. The molecular weight excluding hydrogens is 266 g/mol. The average Bonchev–Trinajstić information content (AvgIpc) is 2.44. The molecule has 0 fully saturated rings. The SMILES string of the molecule is CC(CCCC(=O)OCCOc1ccccc1)=C(F)F. The van der Waals surface area contributed by atoms with Crippen LogP contribution in [0.4, 0.5) is 8.78 Å². The van der Waals surface area contributed by atoms with Gasteiger partial charge in [-0.1, -0.05) is 18.2 Å². The van der Waals surface area contributed by atoms with Crippen molar-refractivity contribution in [2.75, 3.05) is 13.2 Å². The summed E-state index contributed by atoms with van der Waals surface area (Å²) < 4.78 is 34.5. The van der Waals surface area contributed by atoms with E-state index in [-0.39, 0.29) is 31.6 Å². The lowest BCUT2D eigenvalue weighted by molar-refractivity contribution is -0.144. The highest BCUT2D eigenvalue weighted by atomic mass is 19.3.